The molecule has 0 heterocycles. The van der Waals surface area contributed by atoms with Crippen molar-refractivity contribution >= 4 is 12.0 Å². The summed E-state index contributed by atoms with van der Waals surface area (Å²) in [4.78, 5) is 11.5. The fourth-order valence-electron chi connectivity index (χ4n) is 1.53. The highest BCUT2D eigenvalue weighted by atomic mass is 16.6. The minimum absolute atomic E-state index is 0.0460. The van der Waals surface area contributed by atoms with Crippen LogP contribution in [0.4, 0.5) is 0 Å². The molecule has 0 aliphatic rings. The lowest BCUT2D eigenvalue weighted by atomic mass is 10.0. The van der Waals surface area contributed by atoms with Gasteiger partial charge in [-0.2, -0.15) is 0 Å². The molecule has 0 unspecified atom stereocenters. The SMILES string of the molecule is Cc1ccc(/C=C/C(=O)OC(C)(C)C)c(CO)c1. The Morgan fingerprint density at radius 1 is 1.39 bits per heavy atom. The van der Waals surface area contributed by atoms with E-state index in [0.29, 0.717) is 0 Å². The first-order valence-corrected chi connectivity index (χ1v) is 5.93. The second-order valence-electron chi connectivity index (χ2n) is 5.23. The zero-order valence-corrected chi connectivity index (χ0v) is 11.4. The van der Waals surface area contributed by atoms with E-state index in [1.54, 1.807) is 6.08 Å². The maximum Gasteiger partial charge on any atom is 0.331 e. The number of ether oxygens (including phenoxy) is 1. The third-order valence-corrected chi connectivity index (χ3v) is 2.27. The summed E-state index contributed by atoms with van der Waals surface area (Å²) in [5.74, 6) is -0.382. The number of aliphatic hydroxyl groups is 1. The van der Waals surface area contributed by atoms with Crippen LogP contribution in [-0.2, 0) is 16.1 Å². The van der Waals surface area contributed by atoms with Crippen molar-refractivity contribution in [2.75, 3.05) is 0 Å². The average Bonchev–Trinajstić information content (AvgIpc) is 2.24. The fraction of sp³-hybridized carbons (Fsp3) is 0.400. The van der Waals surface area contributed by atoms with Gasteiger partial charge in [0.1, 0.15) is 5.60 Å². The van der Waals surface area contributed by atoms with Crippen LogP contribution < -0.4 is 0 Å². The Bertz CT molecular complexity index is 453. The first-order valence-electron chi connectivity index (χ1n) is 5.93. The fourth-order valence-corrected chi connectivity index (χ4v) is 1.53. The Morgan fingerprint density at radius 2 is 2.06 bits per heavy atom. The van der Waals surface area contributed by atoms with Crippen molar-refractivity contribution in [2.45, 2.75) is 39.9 Å². The van der Waals surface area contributed by atoms with Gasteiger partial charge in [-0.1, -0.05) is 23.8 Å². The predicted octanol–water partition coefficient (Wildman–Crippen LogP) is 2.84. The number of hydrogen-bond donors (Lipinski definition) is 1. The Balaban J connectivity index is 2.81. The van der Waals surface area contributed by atoms with Gasteiger partial charge in [-0.25, -0.2) is 4.79 Å². The molecule has 0 atom stereocenters. The Hall–Kier alpha value is -1.61. The number of hydrogen-bond acceptors (Lipinski definition) is 3. The highest BCUT2D eigenvalue weighted by molar-refractivity contribution is 5.87. The molecule has 0 aliphatic heterocycles. The molecular formula is C15H20O3. The molecule has 98 valence electrons. The maximum absolute atomic E-state index is 11.5. The van der Waals surface area contributed by atoms with Crippen molar-refractivity contribution in [1.29, 1.82) is 0 Å². The van der Waals surface area contributed by atoms with E-state index >= 15 is 0 Å². The second kappa shape index (κ2) is 5.83. The van der Waals surface area contributed by atoms with Gasteiger partial charge in [-0.3, -0.25) is 0 Å². The van der Waals surface area contributed by atoms with Crippen LogP contribution in [0.15, 0.2) is 24.3 Å². The van der Waals surface area contributed by atoms with E-state index in [0.717, 1.165) is 16.7 Å². The molecule has 0 fully saturated rings. The average molecular weight is 248 g/mol. The first kappa shape index (κ1) is 14.5. The summed E-state index contributed by atoms with van der Waals surface area (Å²) >= 11 is 0. The quantitative estimate of drug-likeness (QED) is 0.661. The van der Waals surface area contributed by atoms with Crippen LogP contribution >= 0.6 is 0 Å². The summed E-state index contributed by atoms with van der Waals surface area (Å²) in [5, 5.41) is 9.24. The monoisotopic (exact) mass is 248 g/mol. The highest BCUT2D eigenvalue weighted by Crippen LogP contribution is 2.14. The van der Waals surface area contributed by atoms with Crippen LogP contribution in [0.1, 0.15) is 37.5 Å². The van der Waals surface area contributed by atoms with Gasteiger partial charge in [-0.15, -0.1) is 0 Å². The molecule has 1 aromatic rings. The molecule has 0 saturated heterocycles. The molecule has 0 aromatic heterocycles. The molecule has 0 amide bonds. The van der Waals surface area contributed by atoms with Crippen LogP contribution in [-0.4, -0.2) is 16.7 Å². The summed E-state index contributed by atoms with van der Waals surface area (Å²) in [7, 11) is 0. The molecule has 0 spiro atoms. The molecule has 0 radical (unpaired) electrons. The summed E-state index contributed by atoms with van der Waals surface area (Å²) in [6.45, 7) is 7.38. The number of aliphatic hydroxyl groups excluding tert-OH is 1. The van der Waals surface area contributed by atoms with Crippen molar-refractivity contribution in [3.63, 3.8) is 0 Å². The van der Waals surface area contributed by atoms with Gasteiger partial charge in [0.25, 0.3) is 0 Å². The maximum atomic E-state index is 11.5. The minimum Gasteiger partial charge on any atom is -0.457 e. The van der Waals surface area contributed by atoms with Crippen molar-refractivity contribution < 1.29 is 14.6 Å². The van der Waals surface area contributed by atoms with E-state index in [9.17, 15) is 9.90 Å². The van der Waals surface area contributed by atoms with Crippen LogP contribution in [0, 0.1) is 6.92 Å². The van der Waals surface area contributed by atoms with E-state index in [-0.39, 0.29) is 12.6 Å². The first-order chi connectivity index (χ1) is 8.31. The standard InChI is InChI=1S/C15H20O3/c1-11-5-6-12(13(9-11)10-16)7-8-14(17)18-15(2,3)4/h5-9,16H,10H2,1-4H3/b8-7+. The molecule has 0 bridgehead atoms. The number of benzene rings is 1. The van der Waals surface area contributed by atoms with Gasteiger partial charge >= 0.3 is 5.97 Å². The van der Waals surface area contributed by atoms with E-state index < -0.39 is 5.60 Å². The number of rotatable bonds is 3. The molecule has 1 rings (SSSR count). The molecule has 0 saturated carbocycles. The van der Waals surface area contributed by atoms with Crippen LogP contribution in [0.5, 0.6) is 0 Å². The third kappa shape index (κ3) is 4.72. The minimum atomic E-state index is -0.492. The van der Waals surface area contributed by atoms with Gasteiger partial charge in [0.15, 0.2) is 0 Å². The lowest BCUT2D eigenvalue weighted by molar-refractivity contribution is -0.148. The number of esters is 1. The van der Waals surface area contributed by atoms with Gasteiger partial charge in [0.05, 0.1) is 6.61 Å². The zero-order valence-electron chi connectivity index (χ0n) is 11.4. The molecule has 3 nitrogen and oxygen atoms in total. The Labute approximate surface area is 108 Å². The van der Waals surface area contributed by atoms with Gasteiger partial charge in [-0.05, 0) is 44.9 Å². The van der Waals surface area contributed by atoms with Crippen LogP contribution in [0.3, 0.4) is 0 Å². The van der Waals surface area contributed by atoms with E-state index in [4.69, 9.17) is 4.74 Å². The normalized spacial score (nSPS) is 11.8. The zero-order chi connectivity index (χ0) is 13.8. The summed E-state index contributed by atoms with van der Waals surface area (Å²) in [6.07, 6.45) is 3.05. The predicted molar refractivity (Wildman–Crippen MR) is 72.0 cm³/mol. The second-order valence-corrected chi connectivity index (χ2v) is 5.23. The van der Waals surface area contributed by atoms with Gasteiger partial charge in [0.2, 0.25) is 0 Å². The van der Waals surface area contributed by atoms with Crippen molar-refractivity contribution in [3.05, 3.63) is 41.0 Å². The lowest BCUT2D eigenvalue weighted by Crippen LogP contribution is -2.22. The molecule has 18 heavy (non-hydrogen) atoms. The topological polar surface area (TPSA) is 46.5 Å². The lowest BCUT2D eigenvalue weighted by Gasteiger charge is -2.17. The van der Waals surface area contributed by atoms with Crippen molar-refractivity contribution in [1.82, 2.24) is 0 Å². The molecule has 0 aliphatic carbocycles. The molecule has 3 heteroatoms. The van der Waals surface area contributed by atoms with Crippen LogP contribution in [0.25, 0.3) is 6.08 Å². The summed E-state index contributed by atoms with van der Waals surface area (Å²) in [6, 6.07) is 5.71. The Morgan fingerprint density at radius 3 is 2.61 bits per heavy atom. The smallest absolute Gasteiger partial charge is 0.331 e. The molecule has 1 N–H and O–H groups in total. The van der Waals surface area contributed by atoms with Gasteiger partial charge in [0, 0.05) is 6.08 Å². The highest BCUT2D eigenvalue weighted by Gasteiger charge is 2.13. The molecular weight excluding hydrogens is 228 g/mol. The van der Waals surface area contributed by atoms with Crippen LogP contribution in [0.2, 0.25) is 0 Å². The summed E-state index contributed by atoms with van der Waals surface area (Å²) in [5.41, 5.74) is 2.21. The van der Waals surface area contributed by atoms with Crippen molar-refractivity contribution in [2.24, 2.45) is 0 Å². The van der Waals surface area contributed by atoms with Crippen molar-refractivity contribution in [3.8, 4) is 0 Å². The summed E-state index contributed by atoms with van der Waals surface area (Å²) < 4.78 is 5.17. The number of aryl methyl sites for hydroxylation is 1. The number of carbonyl (C=O) groups is 1. The largest absolute Gasteiger partial charge is 0.457 e. The van der Waals surface area contributed by atoms with Gasteiger partial charge < -0.3 is 9.84 Å². The van der Waals surface area contributed by atoms with E-state index in [1.807, 2.05) is 45.9 Å². The third-order valence-electron chi connectivity index (χ3n) is 2.27. The van der Waals surface area contributed by atoms with E-state index in [1.165, 1.54) is 6.08 Å². The molecule has 1 aromatic carbocycles. The number of carbonyl (C=O) groups excluding carboxylic acids is 1. The van der Waals surface area contributed by atoms with E-state index in [2.05, 4.69) is 0 Å². The Kier molecular flexibility index (Phi) is 4.68.